The number of carbonyl (C=O) groups excluding carboxylic acids is 1. The Morgan fingerprint density at radius 1 is 1.35 bits per heavy atom. The number of nitrogens with zero attached hydrogens (tertiary/aromatic N) is 1. The van der Waals surface area contributed by atoms with Gasteiger partial charge < -0.3 is 9.47 Å². The number of ether oxygens (including phenoxy) is 2. The van der Waals surface area contributed by atoms with Gasteiger partial charge in [0.25, 0.3) is 0 Å². The maximum Gasteiger partial charge on any atom is 0.509 e. The van der Waals surface area contributed by atoms with E-state index in [1.807, 2.05) is 12.2 Å². The van der Waals surface area contributed by atoms with E-state index >= 15 is 0 Å². The van der Waals surface area contributed by atoms with Gasteiger partial charge in [0.1, 0.15) is 11.7 Å². The lowest BCUT2D eigenvalue weighted by Gasteiger charge is -2.25. The molecule has 0 saturated heterocycles. The molecule has 2 bridgehead atoms. The van der Waals surface area contributed by atoms with Crippen LogP contribution in [0.2, 0.25) is 0 Å². The van der Waals surface area contributed by atoms with Gasteiger partial charge in [-0.2, -0.15) is 5.26 Å². The molecule has 0 aliphatic heterocycles. The first-order chi connectivity index (χ1) is 7.90. The van der Waals surface area contributed by atoms with Gasteiger partial charge in [0.05, 0.1) is 12.0 Å². The third kappa shape index (κ3) is 2.44. The van der Waals surface area contributed by atoms with Crippen LogP contribution in [0.3, 0.4) is 0 Å². The normalized spacial score (nSPS) is 34.5. The molecule has 17 heavy (non-hydrogen) atoms. The molecule has 4 atom stereocenters. The number of allylic oxidation sites excluding steroid dienone is 1. The molecule has 2 aliphatic rings. The van der Waals surface area contributed by atoms with E-state index in [1.54, 1.807) is 20.8 Å². The van der Waals surface area contributed by atoms with Crippen LogP contribution in [0.25, 0.3) is 0 Å². The summed E-state index contributed by atoms with van der Waals surface area (Å²) in [5.41, 5.74) is -0.563. The van der Waals surface area contributed by atoms with E-state index in [0.29, 0.717) is 0 Å². The zero-order chi connectivity index (χ0) is 12.6. The first kappa shape index (κ1) is 12.0. The second kappa shape index (κ2) is 4.06. The average Bonchev–Trinajstić information content (AvgIpc) is 2.74. The Hall–Kier alpha value is -1.50. The monoisotopic (exact) mass is 235 g/mol. The third-order valence-corrected chi connectivity index (χ3v) is 3.16. The molecular weight excluding hydrogens is 218 g/mol. The van der Waals surface area contributed by atoms with Crippen LogP contribution in [0.1, 0.15) is 27.2 Å². The summed E-state index contributed by atoms with van der Waals surface area (Å²) in [4.78, 5) is 11.6. The molecule has 0 spiro atoms. The minimum Gasteiger partial charge on any atom is -0.429 e. The Morgan fingerprint density at radius 3 is 2.59 bits per heavy atom. The molecule has 4 unspecified atom stereocenters. The predicted octanol–water partition coefficient (Wildman–Crippen LogP) is 2.65. The van der Waals surface area contributed by atoms with Gasteiger partial charge >= 0.3 is 6.16 Å². The molecule has 1 saturated carbocycles. The van der Waals surface area contributed by atoms with E-state index in [2.05, 4.69) is 6.07 Å². The second-order valence-electron chi connectivity index (χ2n) is 5.65. The van der Waals surface area contributed by atoms with Gasteiger partial charge in [-0.05, 0) is 33.1 Å². The summed E-state index contributed by atoms with van der Waals surface area (Å²) in [6, 6.07) is 2.23. The molecule has 0 N–H and O–H groups in total. The second-order valence-corrected chi connectivity index (χ2v) is 5.65. The molecule has 2 aliphatic carbocycles. The Bertz CT molecular complexity index is 388. The lowest BCUT2D eigenvalue weighted by Crippen LogP contribution is -2.33. The van der Waals surface area contributed by atoms with Crippen molar-refractivity contribution in [2.75, 3.05) is 0 Å². The van der Waals surface area contributed by atoms with Crippen molar-refractivity contribution in [2.24, 2.45) is 17.8 Å². The van der Waals surface area contributed by atoms with Crippen LogP contribution in [-0.2, 0) is 9.47 Å². The predicted molar refractivity (Wildman–Crippen MR) is 60.9 cm³/mol. The summed E-state index contributed by atoms with van der Waals surface area (Å²) in [5, 5.41) is 9.09. The average molecular weight is 235 g/mol. The molecule has 4 heteroatoms. The van der Waals surface area contributed by atoms with Crippen LogP contribution < -0.4 is 0 Å². The Kier molecular flexibility index (Phi) is 2.86. The number of fused-ring (bicyclic) bond motifs is 2. The molecule has 92 valence electrons. The largest absolute Gasteiger partial charge is 0.509 e. The van der Waals surface area contributed by atoms with E-state index in [1.165, 1.54) is 0 Å². The first-order valence-corrected chi connectivity index (χ1v) is 5.88. The number of rotatable bonds is 1. The fourth-order valence-electron chi connectivity index (χ4n) is 2.49. The molecular formula is C13H17NO3. The molecule has 0 aromatic rings. The molecule has 0 aromatic carbocycles. The standard InChI is InChI=1S/C13H17NO3/c1-13(2,3)17-12(15)16-11-9-5-4-8(6-9)10(11)7-14/h4-5,8-11H,6H2,1-3H3. The van der Waals surface area contributed by atoms with E-state index in [-0.39, 0.29) is 23.9 Å². The van der Waals surface area contributed by atoms with Crippen molar-refractivity contribution in [3.63, 3.8) is 0 Å². The van der Waals surface area contributed by atoms with E-state index in [0.717, 1.165) is 6.42 Å². The molecule has 0 aromatic heterocycles. The minimum atomic E-state index is -0.677. The maximum absolute atomic E-state index is 11.6. The van der Waals surface area contributed by atoms with Gasteiger partial charge in [0.2, 0.25) is 0 Å². The van der Waals surface area contributed by atoms with Crippen LogP contribution >= 0.6 is 0 Å². The van der Waals surface area contributed by atoms with Crippen LogP contribution in [0, 0.1) is 29.1 Å². The topological polar surface area (TPSA) is 59.3 Å². The summed E-state index contributed by atoms with van der Waals surface area (Å²) in [6.45, 7) is 5.37. The highest BCUT2D eigenvalue weighted by molar-refractivity contribution is 5.61. The van der Waals surface area contributed by atoms with Crippen molar-refractivity contribution in [3.05, 3.63) is 12.2 Å². The zero-order valence-electron chi connectivity index (χ0n) is 10.3. The minimum absolute atomic E-state index is 0.178. The number of hydrogen-bond acceptors (Lipinski definition) is 4. The van der Waals surface area contributed by atoms with Crippen molar-refractivity contribution in [1.82, 2.24) is 0 Å². The van der Waals surface area contributed by atoms with Crippen molar-refractivity contribution in [2.45, 2.75) is 38.9 Å². The van der Waals surface area contributed by atoms with Gasteiger partial charge in [0.15, 0.2) is 0 Å². The smallest absolute Gasteiger partial charge is 0.429 e. The van der Waals surface area contributed by atoms with Crippen LogP contribution in [0.5, 0.6) is 0 Å². The fourth-order valence-corrected chi connectivity index (χ4v) is 2.49. The van der Waals surface area contributed by atoms with E-state index in [4.69, 9.17) is 14.7 Å². The van der Waals surface area contributed by atoms with Crippen molar-refractivity contribution >= 4 is 6.16 Å². The highest BCUT2D eigenvalue weighted by atomic mass is 16.7. The number of nitriles is 1. The Morgan fingerprint density at radius 2 is 2.00 bits per heavy atom. The summed E-state index contributed by atoms with van der Waals surface area (Å²) < 4.78 is 10.4. The van der Waals surface area contributed by atoms with Crippen LogP contribution in [0.4, 0.5) is 4.79 Å². The van der Waals surface area contributed by atoms with Gasteiger partial charge in [-0.15, -0.1) is 0 Å². The van der Waals surface area contributed by atoms with Crippen LogP contribution in [-0.4, -0.2) is 17.9 Å². The first-order valence-electron chi connectivity index (χ1n) is 5.88. The highest BCUT2D eigenvalue weighted by Crippen LogP contribution is 2.45. The molecule has 0 amide bonds. The van der Waals surface area contributed by atoms with Crippen molar-refractivity contribution in [3.8, 4) is 6.07 Å². The van der Waals surface area contributed by atoms with Gasteiger partial charge in [-0.25, -0.2) is 4.79 Å². The molecule has 4 nitrogen and oxygen atoms in total. The van der Waals surface area contributed by atoms with Gasteiger partial charge in [-0.3, -0.25) is 0 Å². The summed E-state index contributed by atoms with van der Waals surface area (Å²) in [5.74, 6) is 0.187. The number of hydrogen-bond donors (Lipinski definition) is 0. The van der Waals surface area contributed by atoms with Crippen LogP contribution in [0.15, 0.2) is 12.2 Å². The Balaban J connectivity index is 1.98. The third-order valence-electron chi connectivity index (χ3n) is 3.16. The molecule has 1 fully saturated rings. The van der Waals surface area contributed by atoms with E-state index in [9.17, 15) is 4.79 Å². The van der Waals surface area contributed by atoms with Gasteiger partial charge in [0, 0.05) is 5.92 Å². The Labute approximate surface area is 101 Å². The van der Waals surface area contributed by atoms with Gasteiger partial charge in [-0.1, -0.05) is 12.2 Å². The van der Waals surface area contributed by atoms with Crippen molar-refractivity contribution in [1.29, 1.82) is 5.26 Å². The molecule has 0 heterocycles. The highest BCUT2D eigenvalue weighted by Gasteiger charge is 2.47. The molecule has 0 radical (unpaired) electrons. The summed E-state index contributed by atoms with van der Waals surface area (Å²) in [7, 11) is 0. The lowest BCUT2D eigenvalue weighted by molar-refractivity contribution is -0.0376. The van der Waals surface area contributed by atoms with Crippen molar-refractivity contribution < 1.29 is 14.3 Å². The summed E-state index contributed by atoms with van der Waals surface area (Å²) >= 11 is 0. The number of carbonyl (C=O) groups is 1. The lowest BCUT2D eigenvalue weighted by atomic mass is 9.92. The maximum atomic E-state index is 11.6. The summed E-state index contributed by atoms with van der Waals surface area (Å²) in [6.07, 6.45) is 3.97. The SMILES string of the molecule is CC(C)(C)OC(=O)OC1C2C=CC(C2)C1C#N. The zero-order valence-corrected chi connectivity index (χ0v) is 10.3. The van der Waals surface area contributed by atoms with E-state index < -0.39 is 11.8 Å². The fraction of sp³-hybridized carbons (Fsp3) is 0.692. The molecule has 2 rings (SSSR count). The quantitative estimate of drug-likeness (QED) is 0.518.